The van der Waals surface area contributed by atoms with Gasteiger partial charge in [0.2, 0.25) is 0 Å². The Morgan fingerprint density at radius 3 is 2.65 bits per heavy atom. The molecule has 1 unspecified atom stereocenters. The summed E-state index contributed by atoms with van der Waals surface area (Å²) in [5, 5.41) is 1.96. The molecule has 3 N–H and O–H groups in total. The average Bonchev–Trinajstić information content (AvgIpc) is 2.72. The molecule has 0 aliphatic heterocycles. The van der Waals surface area contributed by atoms with Crippen LogP contribution in [-0.2, 0) is 0 Å². The number of benzene rings is 1. The van der Waals surface area contributed by atoms with E-state index in [0.717, 1.165) is 14.9 Å². The Labute approximate surface area is 119 Å². The molecule has 1 heterocycles. The minimum absolute atomic E-state index is 0.241. The maximum absolute atomic E-state index is 13.5. The van der Waals surface area contributed by atoms with Crippen LogP contribution < -0.4 is 11.3 Å². The lowest BCUT2D eigenvalue weighted by Gasteiger charge is -2.17. The molecule has 1 aromatic heterocycles. The lowest BCUT2D eigenvalue weighted by atomic mass is 10.1. The molecule has 1 aromatic carbocycles. The third-order valence-corrected chi connectivity index (χ3v) is 5.14. The standard InChI is InChI=1S/C11H9Br2FN2S/c12-7-4-5-17-11(7)10(16-15)6-2-1-3-8(14)9(6)13/h1-5,10,16H,15H2. The van der Waals surface area contributed by atoms with Crippen LogP contribution in [0.15, 0.2) is 38.6 Å². The quantitative estimate of drug-likeness (QED) is 0.625. The van der Waals surface area contributed by atoms with E-state index in [0.29, 0.717) is 4.47 Å². The summed E-state index contributed by atoms with van der Waals surface area (Å²) >= 11 is 8.26. The van der Waals surface area contributed by atoms with Gasteiger partial charge in [0, 0.05) is 9.35 Å². The van der Waals surface area contributed by atoms with Gasteiger partial charge < -0.3 is 0 Å². The van der Waals surface area contributed by atoms with Crippen LogP contribution in [-0.4, -0.2) is 0 Å². The lowest BCUT2D eigenvalue weighted by Crippen LogP contribution is -2.28. The Balaban J connectivity index is 2.50. The van der Waals surface area contributed by atoms with Gasteiger partial charge in [0.05, 0.1) is 10.5 Å². The molecule has 0 aliphatic carbocycles. The van der Waals surface area contributed by atoms with Gasteiger partial charge >= 0.3 is 0 Å². The molecule has 0 bridgehead atoms. The summed E-state index contributed by atoms with van der Waals surface area (Å²) in [6.07, 6.45) is 0. The van der Waals surface area contributed by atoms with Crippen molar-refractivity contribution in [2.75, 3.05) is 0 Å². The van der Waals surface area contributed by atoms with Crippen LogP contribution in [0.5, 0.6) is 0 Å². The van der Waals surface area contributed by atoms with E-state index in [-0.39, 0.29) is 11.9 Å². The van der Waals surface area contributed by atoms with Crippen molar-refractivity contribution in [1.82, 2.24) is 5.43 Å². The van der Waals surface area contributed by atoms with Crippen LogP contribution in [0.2, 0.25) is 0 Å². The molecular formula is C11H9Br2FN2S. The molecule has 90 valence electrons. The molecule has 2 aromatic rings. The van der Waals surface area contributed by atoms with E-state index in [2.05, 4.69) is 37.3 Å². The SMILES string of the molecule is NNC(c1cccc(F)c1Br)c1sccc1Br. The molecule has 0 saturated carbocycles. The van der Waals surface area contributed by atoms with Crippen molar-refractivity contribution in [2.45, 2.75) is 6.04 Å². The predicted octanol–water partition coefficient (Wildman–Crippen LogP) is 3.96. The minimum Gasteiger partial charge on any atom is -0.271 e. The Hall–Kier alpha value is -0.270. The fraction of sp³-hybridized carbons (Fsp3) is 0.0909. The van der Waals surface area contributed by atoms with E-state index in [1.807, 2.05) is 17.5 Å². The normalized spacial score (nSPS) is 12.7. The van der Waals surface area contributed by atoms with Crippen LogP contribution in [0.25, 0.3) is 0 Å². The fourth-order valence-corrected chi connectivity index (χ4v) is 3.73. The summed E-state index contributed by atoms with van der Waals surface area (Å²) in [6, 6.07) is 6.61. The number of nitrogens with one attached hydrogen (secondary N) is 1. The van der Waals surface area contributed by atoms with E-state index >= 15 is 0 Å². The highest BCUT2D eigenvalue weighted by molar-refractivity contribution is 9.10. The van der Waals surface area contributed by atoms with Crippen molar-refractivity contribution in [2.24, 2.45) is 5.84 Å². The maximum Gasteiger partial charge on any atom is 0.137 e. The van der Waals surface area contributed by atoms with E-state index in [1.165, 1.54) is 6.07 Å². The molecule has 17 heavy (non-hydrogen) atoms. The molecule has 0 fully saturated rings. The summed E-state index contributed by atoms with van der Waals surface area (Å²) in [4.78, 5) is 1.01. The average molecular weight is 380 g/mol. The van der Waals surface area contributed by atoms with Crippen molar-refractivity contribution in [3.05, 3.63) is 54.8 Å². The van der Waals surface area contributed by atoms with Gasteiger partial charge in [-0.05, 0) is 54.9 Å². The van der Waals surface area contributed by atoms with Crippen molar-refractivity contribution in [3.63, 3.8) is 0 Å². The van der Waals surface area contributed by atoms with Gasteiger partial charge in [0.1, 0.15) is 5.82 Å². The number of nitrogens with two attached hydrogens (primary N) is 1. The molecule has 6 heteroatoms. The summed E-state index contributed by atoms with van der Waals surface area (Å²) in [7, 11) is 0. The molecular weight excluding hydrogens is 371 g/mol. The number of thiophene rings is 1. The second kappa shape index (κ2) is 5.58. The topological polar surface area (TPSA) is 38.0 Å². The molecule has 2 nitrogen and oxygen atoms in total. The minimum atomic E-state index is -0.296. The van der Waals surface area contributed by atoms with E-state index in [1.54, 1.807) is 17.4 Å². The number of rotatable bonds is 3. The van der Waals surface area contributed by atoms with Crippen molar-refractivity contribution >= 4 is 43.2 Å². The molecule has 0 aliphatic rings. The van der Waals surface area contributed by atoms with Crippen LogP contribution in [0.3, 0.4) is 0 Å². The van der Waals surface area contributed by atoms with Gasteiger partial charge in [0.15, 0.2) is 0 Å². The molecule has 0 spiro atoms. The first-order valence-corrected chi connectivity index (χ1v) is 7.24. The first kappa shape index (κ1) is 13.2. The molecule has 0 radical (unpaired) electrons. The number of hydrogen-bond donors (Lipinski definition) is 2. The van der Waals surface area contributed by atoms with Crippen LogP contribution in [0.4, 0.5) is 4.39 Å². The highest BCUT2D eigenvalue weighted by atomic mass is 79.9. The summed E-state index contributed by atoms with van der Waals surface area (Å²) in [5.41, 5.74) is 3.49. The number of hydrazine groups is 1. The Kier molecular flexibility index (Phi) is 4.32. The highest BCUT2D eigenvalue weighted by Crippen LogP contribution is 2.36. The predicted molar refractivity (Wildman–Crippen MR) is 75.3 cm³/mol. The smallest absolute Gasteiger partial charge is 0.137 e. The Morgan fingerprint density at radius 1 is 1.29 bits per heavy atom. The van der Waals surface area contributed by atoms with Gasteiger partial charge in [-0.2, -0.15) is 0 Å². The van der Waals surface area contributed by atoms with Crippen LogP contribution >= 0.6 is 43.2 Å². The third kappa shape index (κ3) is 2.61. The third-order valence-electron chi connectivity index (χ3n) is 2.37. The van der Waals surface area contributed by atoms with Crippen molar-refractivity contribution in [3.8, 4) is 0 Å². The Morgan fingerprint density at radius 2 is 2.06 bits per heavy atom. The van der Waals surface area contributed by atoms with Crippen molar-refractivity contribution in [1.29, 1.82) is 0 Å². The lowest BCUT2D eigenvalue weighted by molar-refractivity contribution is 0.600. The van der Waals surface area contributed by atoms with Gasteiger partial charge in [-0.25, -0.2) is 9.82 Å². The second-order valence-corrected chi connectivity index (χ2v) is 5.97. The van der Waals surface area contributed by atoms with Gasteiger partial charge in [0.25, 0.3) is 0 Å². The maximum atomic E-state index is 13.5. The van der Waals surface area contributed by atoms with E-state index in [4.69, 9.17) is 5.84 Å². The second-order valence-electron chi connectivity index (χ2n) is 3.38. The molecule has 2 rings (SSSR count). The van der Waals surface area contributed by atoms with E-state index < -0.39 is 0 Å². The Bertz CT molecular complexity index is 530. The summed E-state index contributed by atoms with van der Waals surface area (Å²) < 4.78 is 14.9. The zero-order valence-corrected chi connectivity index (χ0v) is 12.6. The van der Waals surface area contributed by atoms with Gasteiger partial charge in [-0.1, -0.05) is 12.1 Å². The number of halogens is 3. The van der Waals surface area contributed by atoms with Crippen LogP contribution in [0.1, 0.15) is 16.5 Å². The monoisotopic (exact) mass is 378 g/mol. The first-order valence-electron chi connectivity index (χ1n) is 4.78. The molecule has 0 amide bonds. The van der Waals surface area contributed by atoms with Crippen LogP contribution in [0, 0.1) is 5.82 Å². The summed E-state index contributed by atoms with van der Waals surface area (Å²) in [5.74, 6) is 5.28. The molecule has 0 saturated heterocycles. The van der Waals surface area contributed by atoms with E-state index in [9.17, 15) is 4.39 Å². The fourth-order valence-electron chi connectivity index (χ4n) is 1.56. The zero-order valence-electron chi connectivity index (χ0n) is 8.58. The van der Waals surface area contributed by atoms with Gasteiger partial charge in [-0.3, -0.25) is 5.84 Å². The largest absolute Gasteiger partial charge is 0.271 e. The molecule has 1 atom stereocenters. The van der Waals surface area contributed by atoms with Crippen molar-refractivity contribution < 1.29 is 4.39 Å². The number of hydrogen-bond acceptors (Lipinski definition) is 3. The van der Waals surface area contributed by atoms with Gasteiger partial charge in [-0.15, -0.1) is 11.3 Å². The zero-order chi connectivity index (χ0) is 12.4. The summed E-state index contributed by atoms with van der Waals surface area (Å²) in [6.45, 7) is 0. The first-order chi connectivity index (χ1) is 8.15. The highest BCUT2D eigenvalue weighted by Gasteiger charge is 2.20.